The monoisotopic (exact) mass is 311 g/mol. The quantitative estimate of drug-likeness (QED) is 0.440. The van der Waals surface area contributed by atoms with E-state index >= 15 is 0 Å². The Morgan fingerprint density at radius 2 is 2.00 bits per heavy atom. The maximum absolute atomic E-state index is 11.1. The summed E-state index contributed by atoms with van der Waals surface area (Å²) in [6, 6.07) is 0. The molecule has 19 heavy (non-hydrogen) atoms. The minimum atomic E-state index is -5.17. The Bertz CT molecular complexity index is 517. The Labute approximate surface area is 109 Å². The standard InChI is InChI=1S/C8H15N3O6P2/c1-10(2)7-5-11(4-3-9-7)6-8(18(12,13)14)19(15,16)17/h3-5,8H,6H2,1-2H3,(H3-,12,13,14,15,16,17). The summed E-state index contributed by atoms with van der Waals surface area (Å²) in [6.07, 6.45) is 4.13. The van der Waals surface area contributed by atoms with E-state index in [9.17, 15) is 14.0 Å². The Balaban J connectivity index is 3.08. The van der Waals surface area contributed by atoms with Gasteiger partial charge >= 0.3 is 7.60 Å². The summed E-state index contributed by atoms with van der Waals surface area (Å²) in [7, 11) is -6.74. The van der Waals surface area contributed by atoms with E-state index < -0.39 is 27.1 Å². The van der Waals surface area contributed by atoms with E-state index in [2.05, 4.69) is 4.98 Å². The Morgan fingerprint density at radius 3 is 2.42 bits per heavy atom. The van der Waals surface area contributed by atoms with Gasteiger partial charge in [0.15, 0.2) is 31.6 Å². The molecule has 0 aliphatic carbocycles. The fourth-order valence-electron chi connectivity index (χ4n) is 1.35. The van der Waals surface area contributed by atoms with Crippen molar-refractivity contribution in [2.75, 3.05) is 19.0 Å². The first-order valence-electron chi connectivity index (χ1n) is 5.13. The number of anilines is 1. The predicted molar refractivity (Wildman–Crippen MR) is 64.4 cm³/mol. The molecule has 2 atom stereocenters. The minimum Gasteiger partial charge on any atom is -0.778 e. The molecule has 0 aromatic carbocycles. The summed E-state index contributed by atoms with van der Waals surface area (Å²) in [5.74, 6) is 0.477. The van der Waals surface area contributed by atoms with Crippen LogP contribution < -0.4 is 14.4 Å². The topological polar surface area (TPSA) is 138 Å². The van der Waals surface area contributed by atoms with Crippen molar-refractivity contribution in [3.05, 3.63) is 18.6 Å². The lowest BCUT2D eigenvalue weighted by molar-refractivity contribution is -0.694. The second-order valence-corrected chi connectivity index (χ2v) is 8.10. The van der Waals surface area contributed by atoms with E-state index in [1.165, 1.54) is 23.2 Å². The van der Waals surface area contributed by atoms with E-state index in [4.69, 9.17) is 14.7 Å². The second-order valence-electron chi connectivity index (χ2n) is 4.14. The highest BCUT2D eigenvalue weighted by Gasteiger charge is 2.40. The average Bonchev–Trinajstić information content (AvgIpc) is 2.23. The molecule has 0 amide bonds. The van der Waals surface area contributed by atoms with Crippen LogP contribution >= 0.6 is 15.2 Å². The fourth-order valence-corrected chi connectivity index (χ4v) is 3.67. The van der Waals surface area contributed by atoms with Crippen molar-refractivity contribution in [3.8, 4) is 0 Å². The fraction of sp³-hybridized carbons (Fsp3) is 0.500. The summed E-state index contributed by atoms with van der Waals surface area (Å²) in [6.45, 7) is -0.565. The Kier molecular flexibility index (Phi) is 4.84. The van der Waals surface area contributed by atoms with Gasteiger partial charge in [-0.15, -0.1) is 0 Å². The van der Waals surface area contributed by atoms with Crippen LogP contribution in [0.25, 0.3) is 0 Å². The molecule has 1 aromatic heterocycles. The highest BCUT2D eigenvalue weighted by molar-refractivity contribution is 7.70. The molecule has 0 aliphatic rings. The molecular formula is C8H15N3O6P2. The van der Waals surface area contributed by atoms with Crippen LogP contribution in [0.15, 0.2) is 18.6 Å². The van der Waals surface area contributed by atoms with Crippen molar-refractivity contribution in [2.24, 2.45) is 0 Å². The molecule has 0 bridgehead atoms. The molecular weight excluding hydrogens is 296 g/mol. The molecule has 9 nitrogen and oxygen atoms in total. The molecule has 1 rings (SSSR count). The van der Waals surface area contributed by atoms with Gasteiger partial charge in [-0.2, -0.15) is 4.57 Å². The number of hydrogen-bond donors (Lipinski definition) is 3. The van der Waals surface area contributed by atoms with Gasteiger partial charge in [0.05, 0.1) is 6.20 Å². The highest BCUT2D eigenvalue weighted by atomic mass is 31.2. The second kappa shape index (κ2) is 5.66. The van der Waals surface area contributed by atoms with Gasteiger partial charge in [0.2, 0.25) is 6.20 Å². The summed E-state index contributed by atoms with van der Waals surface area (Å²) in [5.41, 5.74) is 0. The molecule has 0 spiro atoms. The number of rotatable bonds is 5. The third-order valence-corrected chi connectivity index (χ3v) is 5.98. The Hall–Kier alpha value is -0.820. The Morgan fingerprint density at radius 1 is 1.42 bits per heavy atom. The zero-order valence-electron chi connectivity index (χ0n) is 10.3. The van der Waals surface area contributed by atoms with Crippen molar-refractivity contribution >= 4 is 21.0 Å². The maximum atomic E-state index is 11.1. The lowest BCUT2D eigenvalue weighted by Gasteiger charge is -2.25. The molecule has 1 aromatic rings. The van der Waals surface area contributed by atoms with Gasteiger partial charge in [0.25, 0.3) is 0 Å². The molecule has 11 heteroatoms. The molecule has 108 valence electrons. The largest absolute Gasteiger partial charge is 0.778 e. The van der Waals surface area contributed by atoms with E-state index in [1.807, 2.05) is 0 Å². The summed E-state index contributed by atoms with van der Waals surface area (Å²) in [4.78, 5) is 43.6. The normalized spacial score (nSPS) is 16.7. The average molecular weight is 311 g/mol. The van der Waals surface area contributed by atoms with Crippen LogP contribution in [0.1, 0.15) is 0 Å². The van der Waals surface area contributed by atoms with Crippen LogP contribution in [0.5, 0.6) is 0 Å². The lowest BCUT2D eigenvalue weighted by Crippen LogP contribution is -2.41. The van der Waals surface area contributed by atoms with Crippen LogP contribution in [0, 0.1) is 0 Å². The molecule has 0 saturated heterocycles. The summed E-state index contributed by atoms with van der Waals surface area (Å²) in [5, 5.41) is -2.18. The first-order chi connectivity index (χ1) is 8.51. The molecule has 0 radical (unpaired) electrons. The molecule has 0 saturated carbocycles. The first kappa shape index (κ1) is 16.2. The number of nitrogens with zero attached hydrogens (tertiary/aromatic N) is 3. The van der Waals surface area contributed by atoms with Crippen LogP contribution in [-0.4, -0.2) is 39.2 Å². The third-order valence-electron chi connectivity index (χ3n) is 2.34. The smallest absolute Gasteiger partial charge is 0.343 e. The molecule has 3 N–H and O–H groups in total. The van der Waals surface area contributed by atoms with Crippen molar-refractivity contribution < 1.29 is 33.3 Å². The summed E-state index contributed by atoms with van der Waals surface area (Å²) < 4.78 is 23.4. The summed E-state index contributed by atoms with van der Waals surface area (Å²) >= 11 is 0. The van der Waals surface area contributed by atoms with E-state index in [0.717, 1.165) is 0 Å². The predicted octanol–water partition coefficient (Wildman–Crippen LogP) is -1.52. The zero-order chi connectivity index (χ0) is 14.8. The van der Waals surface area contributed by atoms with Gasteiger partial charge in [0, 0.05) is 14.1 Å². The van der Waals surface area contributed by atoms with Crippen LogP contribution in [0.3, 0.4) is 0 Å². The van der Waals surface area contributed by atoms with Gasteiger partial charge in [0.1, 0.15) is 0 Å². The molecule has 0 fully saturated rings. The molecule has 0 aliphatic heterocycles. The maximum Gasteiger partial charge on any atom is 0.343 e. The van der Waals surface area contributed by atoms with Gasteiger partial charge in [-0.05, 0) is 0 Å². The zero-order valence-corrected chi connectivity index (χ0v) is 12.1. The van der Waals surface area contributed by atoms with Gasteiger partial charge in [-0.3, -0.25) is 4.57 Å². The van der Waals surface area contributed by atoms with Crippen LogP contribution in [0.2, 0.25) is 0 Å². The van der Waals surface area contributed by atoms with E-state index in [1.54, 1.807) is 19.0 Å². The van der Waals surface area contributed by atoms with Crippen molar-refractivity contribution in [1.82, 2.24) is 4.98 Å². The minimum absolute atomic E-state index is 0.477. The van der Waals surface area contributed by atoms with Crippen LogP contribution in [-0.2, 0) is 15.7 Å². The van der Waals surface area contributed by atoms with Crippen molar-refractivity contribution in [2.45, 2.75) is 11.9 Å². The van der Waals surface area contributed by atoms with Gasteiger partial charge in [-0.25, -0.2) is 4.98 Å². The SMILES string of the molecule is CN(C)c1c[n+](CC(P(=O)([O-])O)P(=O)(O)O)ccn1. The van der Waals surface area contributed by atoms with Gasteiger partial charge < -0.3 is 29.0 Å². The highest BCUT2D eigenvalue weighted by Crippen LogP contribution is 2.57. The van der Waals surface area contributed by atoms with Crippen LogP contribution in [0.4, 0.5) is 5.82 Å². The molecule has 1 heterocycles. The third kappa shape index (κ3) is 4.65. The van der Waals surface area contributed by atoms with E-state index in [-0.39, 0.29) is 0 Å². The molecule has 2 unspecified atom stereocenters. The first-order valence-corrected chi connectivity index (χ1v) is 8.46. The number of aromatic nitrogens is 2. The van der Waals surface area contributed by atoms with Crippen molar-refractivity contribution in [1.29, 1.82) is 0 Å². The van der Waals surface area contributed by atoms with E-state index in [0.29, 0.717) is 5.82 Å². The number of hydrogen-bond acceptors (Lipinski definition) is 5. The lowest BCUT2D eigenvalue weighted by atomic mass is 10.5. The van der Waals surface area contributed by atoms with Gasteiger partial charge in [-0.1, -0.05) is 0 Å². The van der Waals surface area contributed by atoms with Crippen molar-refractivity contribution in [3.63, 3.8) is 0 Å².